The van der Waals surface area contributed by atoms with Gasteiger partial charge in [0.1, 0.15) is 18.1 Å². The van der Waals surface area contributed by atoms with Crippen molar-refractivity contribution in [1.29, 1.82) is 0 Å². The number of aromatic amines is 1. The quantitative estimate of drug-likeness (QED) is 0.470. The zero-order valence-corrected chi connectivity index (χ0v) is 14.2. The van der Waals surface area contributed by atoms with E-state index in [2.05, 4.69) is 20.6 Å². The molecular formula is C16H22N6O4. The van der Waals surface area contributed by atoms with E-state index < -0.39 is 29.9 Å². The van der Waals surface area contributed by atoms with Gasteiger partial charge in [0.15, 0.2) is 0 Å². The van der Waals surface area contributed by atoms with Crippen LogP contribution in [-0.2, 0) is 25.6 Å². The summed E-state index contributed by atoms with van der Waals surface area (Å²) in [5, 5.41) is 5.29. The molecule has 0 saturated carbocycles. The zero-order valence-electron chi connectivity index (χ0n) is 14.2. The Labute approximate surface area is 149 Å². The van der Waals surface area contributed by atoms with Crippen molar-refractivity contribution in [3.8, 4) is 0 Å². The van der Waals surface area contributed by atoms with Crippen LogP contribution in [0.5, 0.6) is 0 Å². The molecule has 0 bridgehead atoms. The van der Waals surface area contributed by atoms with Crippen molar-refractivity contribution in [3.63, 3.8) is 0 Å². The molecule has 0 aliphatic carbocycles. The number of hydrogen-bond donors (Lipinski definition) is 4. The van der Waals surface area contributed by atoms with Crippen LogP contribution in [0.3, 0.4) is 0 Å². The minimum Gasteiger partial charge on any atom is -0.368 e. The molecule has 4 amide bonds. The molecule has 1 unspecified atom stereocenters. The molecule has 26 heavy (non-hydrogen) atoms. The lowest BCUT2D eigenvalue weighted by Gasteiger charge is -2.28. The second-order valence-electron chi connectivity index (χ2n) is 6.59. The standard InChI is InChI=1S/C16H22N6O4/c17-14(24)12-2-1-5-22(12)16(26)11(6-9-7-18-8-19-9)21-15(25)10-3-4-13(23)20-10/h7-8,10-12H,1-6H2,(H2,17,24)(H,18,19)(H,20,23)(H,21,25)/t10-,11-,12?/m0/s1. The Morgan fingerprint density at radius 3 is 2.81 bits per heavy atom. The molecule has 0 aromatic carbocycles. The first-order chi connectivity index (χ1) is 12.5. The lowest BCUT2D eigenvalue weighted by Crippen LogP contribution is -2.56. The van der Waals surface area contributed by atoms with Gasteiger partial charge in [-0.25, -0.2) is 4.98 Å². The first-order valence-corrected chi connectivity index (χ1v) is 8.62. The normalized spacial score (nSPS) is 23.5. The van der Waals surface area contributed by atoms with E-state index >= 15 is 0 Å². The van der Waals surface area contributed by atoms with E-state index in [1.54, 1.807) is 6.20 Å². The Bertz CT molecular complexity index is 704. The SMILES string of the molecule is NC(=O)C1CCCN1C(=O)[C@H](Cc1cnc[nH]1)NC(=O)[C@@H]1CCC(=O)N1. The number of H-pyrrole nitrogens is 1. The number of amides is 4. The molecule has 2 saturated heterocycles. The summed E-state index contributed by atoms with van der Waals surface area (Å²) in [5.41, 5.74) is 6.07. The van der Waals surface area contributed by atoms with Gasteiger partial charge in [-0.3, -0.25) is 19.2 Å². The smallest absolute Gasteiger partial charge is 0.246 e. The molecule has 140 valence electrons. The van der Waals surface area contributed by atoms with Crippen LogP contribution in [0, 0.1) is 0 Å². The van der Waals surface area contributed by atoms with Crippen LogP contribution in [-0.4, -0.2) is 63.2 Å². The highest BCUT2D eigenvalue weighted by Crippen LogP contribution is 2.19. The van der Waals surface area contributed by atoms with Crippen LogP contribution >= 0.6 is 0 Å². The van der Waals surface area contributed by atoms with Crippen molar-refractivity contribution in [1.82, 2.24) is 25.5 Å². The maximum Gasteiger partial charge on any atom is 0.246 e. The highest BCUT2D eigenvalue weighted by Gasteiger charge is 2.38. The van der Waals surface area contributed by atoms with Crippen molar-refractivity contribution in [3.05, 3.63) is 18.2 Å². The number of aromatic nitrogens is 2. The summed E-state index contributed by atoms with van der Waals surface area (Å²) in [6.45, 7) is 0.419. The molecule has 1 aromatic heterocycles. The van der Waals surface area contributed by atoms with Gasteiger partial charge in [-0.2, -0.15) is 0 Å². The Morgan fingerprint density at radius 2 is 2.19 bits per heavy atom. The number of primary amides is 1. The predicted molar refractivity (Wildman–Crippen MR) is 89.3 cm³/mol. The maximum absolute atomic E-state index is 13.0. The van der Waals surface area contributed by atoms with E-state index in [9.17, 15) is 19.2 Å². The first kappa shape index (κ1) is 17.9. The summed E-state index contributed by atoms with van der Waals surface area (Å²) in [7, 11) is 0. The van der Waals surface area contributed by atoms with Crippen molar-refractivity contribution < 1.29 is 19.2 Å². The molecule has 2 aliphatic heterocycles. The fraction of sp³-hybridized carbons (Fsp3) is 0.562. The van der Waals surface area contributed by atoms with Crippen LogP contribution in [0.4, 0.5) is 0 Å². The molecule has 3 atom stereocenters. The monoisotopic (exact) mass is 362 g/mol. The van der Waals surface area contributed by atoms with Crippen molar-refractivity contribution in [2.24, 2.45) is 5.73 Å². The third kappa shape index (κ3) is 3.84. The Kier molecular flexibility index (Phi) is 5.19. The topological polar surface area (TPSA) is 150 Å². The number of nitrogens with zero attached hydrogens (tertiary/aromatic N) is 2. The predicted octanol–water partition coefficient (Wildman–Crippen LogP) is -1.81. The molecule has 3 rings (SSSR count). The highest BCUT2D eigenvalue weighted by atomic mass is 16.2. The third-order valence-corrected chi connectivity index (χ3v) is 4.77. The second kappa shape index (κ2) is 7.54. The maximum atomic E-state index is 13.0. The molecule has 10 nitrogen and oxygen atoms in total. The van der Waals surface area contributed by atoms with E-state index in [1.807, 2.05) is 0 Å². The van der Waals surface area contributed by atoms with Crippen molar-refractivity contribution in [2.45, 2.75) is 50.2 Å². The zero-order chi connectivity index (χ0) is 18.7. The summed E-state index contributed by atoms with van der Waals surface area (Å²) < 4.78 is 0. The van der Waals surface area contributed by atoms with Crippen LogP contribution in [0.15, 0.2) is 12.5 Å². The van der Waals surface area contributed by atoms with Crippen molar-refractivity contribution >= 4 is 23.6 Å². The van der Waals surface area contributed by atoms with Crippen molar-refractivity contribution in [2.75, 3.05) is 6.54 Å². The summed E-state index contributed by atoms with van der Waals surface area (Å²) in [6.07, 6.45) is 5.13. The number of nitrogens with one attached hydrogen (secondary N) is 3. The number of nitrogens with two attached hydrogens (primary N) is 1. The van der Waals surface area contributed by atoms with Gasteiger partial charge in [-0.1, -0.05) is 0 Å². The van der Waals surface area contributed by atoms with E-state index in [1.165, 1.54) is 11.2 Å². The number of imidazole rings is 1. The van der Waals surface area contributed by atoms with Crippen LogP contribution < -0.4 is 16.4 Å². The minimum absolute atomic E-state index is 0.185. The van der Waals surface area contributed by atoms with Gasteiger partial charge in [-0.05, 0) is 19.3 Å². The molecule has 0 radical (unpaired) electrons. The number of rotatable bonds is 6. The number of likely N-dealkylation sites (tertiary alicyclic amines) is 1. The molecular weight excluding hydrogens is 340 g/mol. The molecule has 2 aliphatic rings. The molecule has 0 spiro atoms. The lowest BCUT2D eigenvalue weighted by molar-refractivity contribution is -0.140. The van der Waals surface area contributed by atoms with Crippen LogP contribution in [0.2, 0.25) is 0 Å². The van der Waals surface area contributed by atoms with E-state index in [-0.39, 0.29) is 24.7 Å². The molecule has 1 aromatic rings. The molecule has 5 N–H and O–H groups in total. The Balaban J connectivity index is 1.74. The summed E-state index contributed by atoms with van der Waals surface area (Å²) >= 11 is 0. The average Bonchev–Trinajstić information content (AvgIpc) is 3.34. The molecule has 10 heteroatoms. The summed E-state index contributed by atoms with van der Waals surface area (Å²) in [6, 6.07) is -2.18. The summed E-state index contributed by atoms with van der Waals surface area (Å²) in [5.74, 6) is -1.51. The van der Waals surface area contributed by atoms with E-state index in [0.717, 1.165) is 0 Å². The lowest BCUT2D eigenvalue weighted by atomic mass is 10.1. The van der Waals surface area contributed by atoms with E-state index in [0.29, 0.717) is 31.5 Å². The third-order valence-electron chi connectivity index (χ3n) is 4.77. The molecule has 3 heterocycles. The first-order valence-electron chi connectivity index (χ1n) is 8.62. The van der Waals surface area contributed by atoms with Gasteiger partial charge < -0.3 is 26.3 Å². The van der Waals surface area contributed by atoms with Crippen LogP contribution in [0.25, 0.3) is 0 Å². The second-order valence-corrected chi connectivity index (χ2v) is 6.59. The number of carbonyl (C=O) groups is 4. The van der Waals surface area contributed by atoms with Gasteiger partial charge in [0.05, 0.1) is 6.33 Å². The number of hydrogen-bond acceptors (Lipinski definition) is 5. The number of carbonyl (C=O) groups excluding carboxylic acids is 4. The van der Waals surface area contributed by atoms with Gasteiger partial charge >= 0.3 is 0 Å². The van der Waals surface area contributed by atoms with E-state index in [4.69, 9.17) is 5.73 Å². The van der Waals surface area contributed by atoms with Gasteiger partial charge in [0, 0.05) is 31.3 Å². The largest absolute Gasteiger partial charge is 0.368 e. The fourth-order valence-corrected chi connectivity index (χ4v) is 3.43. The van der Waals surface area contributed by atoms with Gasteiger partial charge in [-0.15, -0.1) is 0 Å². The van der Waals surface area contributed by atoms with Gasteiger partial charge in [0.25, 0.3) is 0 Å². The molecule has 2 fully saturated rings. The summed E-state index contributed by atoms with van der Waals surface area (Å²) in [4.78, 5) is 56.6. The van der Waals surface area contributed by atoms with Gasteiger partial charge in [0.2, 0.25) is 23.6 Å². The Morgan fingerprint density at radius 1 is 1.38 bits per heavy atom. The average molecular weight is 362 g/mol. The highest BCUT2D eigenvalue weighted by molar-refractivity contribution is 5.95. The Hall–Kier alpha value is -2.91. The fourth-order valence-electron chi connectivity index (χ4n) is 3.43. The van der Waals surface area contributed by atoms with Crippen LogP contribution in [0.1, 0.15) is 31.4 Å². The minimum atomic E-state index is -0.875.